The van der Waals surface area contributed by atoms with Crippen LogP contribution in [0.2, 0.25) is 0 Å². The van der Waals surface area contributed by atoms with Crippen molar-refractivity contribution in [3.8, 4) is 0 Å². The van der Waals surface area contributed by atoms with Crippen molar-refractivity contribution in [2.75, 3.05) is 31.7 Å². The number of carbonyl (C=O) groups excluding carboxylic acids is 3. The maximum absolute atomic E-state index is 12.5. The molecule has 1 heterocycles. The van der Waals surface area contributed by atoms with Crippen molar-refractivity contribution in [3.63, 3.8) is 0 Å². The van der Waals surface area contributed by atoms with E-state index in [0.717, 1.165) is 5.56 Å². The zero-order chi connectivity index (χ0) is 16.7. The molecule has 1 saturated heterocycles. The van der Waals surface area contributed by atoms with Crippen molar-refractivity contribution in [1.82, 2.24) is 10.2 Å². The van der Waals surface area contributed by atoms with E-state index in [9.17, 15) is 14.4 Å². The molecule has 2 amide bonds. The Kier molecular flexibility index (Phi) is 6.46. The average molecular weight is 336 g/mol. The molecule has 2 rings (SSSR count). The van der Waals surface area contributed by atoms with Crippen LogP contribution in [0.1, 0.15) is 18.0 Å². The summed E-state index contributed by atoms with van der Waals surface area (Å²) in [5, 5.41) is 2.81. The third kappa shape index (κ3) is 4.72. The molecule has 1 aromatic carbocycles. The van der Waals surface area contributed by atoms with Gasteiger partial charge in [0.2, 0.25) is 11.8 Å². The summed E-state index contributed by atoms with van der Waals surface area (Å²) in [5.41, 5.74) is 0.806. The molecule has 1 aromatic rings. The second-order valence-corrected chi connectivity index (χ2v) is 6.18. The monoisotopic (exact) mass is 336 g/mol. The van der Waals surface area contributed by atoms with E-state index in [1.54, 1.807) is 4.90 Å². The Morgan fingerprint density at radius 1 is 1.35 bits per heavy atom. The number of piperazine rings is 1. The normalized spacial score (nSPS) is 17.5. The predicted octanol–water partition coefficient (Wildman–Crippen LogP) is 0.982. The molecule has 0 aromatic heterocycles. The maximum atomic E-state index is 12.5. The van der Waals surface area contributed by atoms with Crippen LogP contribution in [0.15, 0.2) is 30.3 Å². The lowest BCUT2D eigenvalue weighted by Gasteiger charge is -2.35. The molecule has 1 fully saturated rings. The van der Waals surface area contributed by atoms with Gasteiger partial charge in [-0.15, -0.1) is 11.8 Å². The maximum Gasteiger partial charge on any atom is 0.315 e. The first-order chi connectivity index (χ1) is 11.1. The molecule has 1 aliphatic rings. The minimum absolute atomic E-state index is 0.0777. The van der Waals surface area contributed by atoms with Crippen LogP contribution in [0.5, 0.6) is 0 Å². The number of ether oxygens (including phenoxy) is 1. The average Bonchev–Trinajstić information content (AvgIpc) is 2.58. The van der Waals surface area contributed by atoms with Crippen LogP contribution in [0.3, 0.4) is 0 Å². The van der Waals surface area contributed by atoms with E-state index in [-0.39, 0.29) is 30.0 Å². The summed E-state index contributed by atoms with van der Waals surface area (Å²) in [6, 6.07) is 8.70. The largest absolute Gasteiger partial charge is 0.468 e. The molecular weight excluding hydrogens is 316 g/mol. The minimum atomic E-state index is -0.581. The van der Waals surface area contributed by atoms with Crippen LogP contribution in [-0.4, -0.2) is 54.4 Å². The number of nitrogens with zero attached hydrogens (tertiary/aromatic N) is 1. The van der Waals surface area contributed by atoms with Crippen LogP contribution in [0, 0.1) is 0 Å². The fourth-order valence-electron chi connectivity index (χ4n) is 2.42. The van der Waals surface area contributed by atoms with E-state index in [1.807, 2.05) is 30.3 Å². The van der Waals surface area contributed by atoms with Gasteiger partial charge in [-0.2, -0.15) is 0 Å². The Morgan fingerprint density at radius 2 is 2.09 bits per heavy atom. The van der Waals surface area contributed by atoms with Gasteiger partial charge >= 0.3 is 5.97 Å². The van der Waals surface area contributed by atoms with Gasteiger partial charge in [0.05, 0.1) is 12.9 Å². The lowest BCUT2D eigenvalue weighted by Crippen LogP contribution is -2.52. The zero-order valence-corrected chi connectivity index (χ0v) is 13.8. The first-order valence-corrected chi connectivity index (χ1v) is 8.55. The fraction of sp³-hybridized carbons (Fsp3) is 0.438. The summed E-state index contributed by atoms with van der Waals surface area (Å²) in [4.78, 5) is 37.3. The molecular formula is C16H20N2O4S. The van der Waals surface area contributed by atoms with Crippen molar-refractivity contribution in [2.45, 2.75) is 12.5 Å². The van der Waals surface area contributed by atoms with E-state index in [1.165, 1.54) is 18.9 Å². The third-order valence-corrected chi connectivity index (χ3v) is 4.49. The van der Waals surface area contributed by atoms with Crippen LogP contribution >= 0.6 is 11.8 Å². The predicted molar refractivity (Wildman–Crippen MR) is 87.9 cm³/mol. The number of thioether (sulfide) groups is 1. The third-order valence-electron chi connectivity index (χ3n) is 3.56. The molecule has 0 aliphatic carbocycles. The van der Waals surface area contributed by atoms with Gasteiger partial charge in [0.1, 0.15) is 6.04 Å². The van der Waals surface area contributed by atoms with Gasteiger partial charge in [-0.3, -0.25) is 14.4 Å². The summed E-state index contributed by atoms with van der Waals surface area (Å²) in [6.07, 6.45) is 0.290. The summed E-state index contributed by atoms with van der Waals surface area (Å²) in [6.45, 7) is 0.953. The molecule has 23 heavy (non-hydrogen) atoms. The number of nitrogens with one attached hydrogen (secondary N) is 1. The number of methoxy groups -OCH3 is 1. The van der Waals surface area contributed by atoms with Gasteiger partial charge in [-0.25, -0.2) is 0 Å². The highest BCUT2D eigenvalue weighted by Gasteiger charge is 2.33. The van der Waals surface area contributed by atoms with Gasteiger partial charge in [0.25, 0.3) is 0 Å². The van der Waals surface area contributed by atoms with Crippen molar-refractivity contribution >= 4 is 29.5 Å². The smallest absolute Gasteiger partial charge is 0.315 e. The number of esters is 1. The minimum Gasteiger partial charge on any atom is -0.468 e. The van der Waals surface area contributed by atoms with Gasteiger partial charge < -0.3 is 15.0 Å². The number of rotatable bonds is 6. The van der Waals surface area contributed by atoms with E-state index < -0.39 is 6.04 Å². The lowest BCUT2D eigenvalue weighted by molar-refractivity contribution is -0.143. The number of hydrogen-bond acceptors (Lipinski definition) is 5. The molecule has 0 bridgehead atoms. The van der Waals surface area contributed by atoms with Crippen LogP contribution in [-0.2, 0) is 19.1 Å². The standard InChI is InChI=1S/C16H20N2O4S/c1-22-14(20)11-23-10-7-13(19)18-9-8-17-16(21)15(18)12-5-3-2-4-6-12/h2-6,15H,7-11H2,1H3,(H,17,21). The fourth-order valence-corrected chi connectivity index (χ4v) is 3.17. The Labute approximate surface area is 139 Å². The molecule has 1 atom stereocenters. The molecule has 124 valence electrons. The van der Waals surface area contributed by atoms with Crippen LogP contribution in [0.4, 0.5) is 0 Å². The molecule has 0 saturated carbocycles. The summed E-state index contributed by atoms with van der Waals surface area (Å²) < 4.78 is 4.55. The highest BCUT2D eigenvalue weighted by atomic mass is 32.2. The Hall–Kier alpha value is -2.02. The van der Waals surface area contributed by atoms with Crippen LogP contribution < -0.4 is 5.32 Å². The highest BCUT2D eigenvalue weighted by molar-refractivity contribution is 7.99. The number of amides is 2. The van der Waals surface area contributed by atoms with Crippen molar-refractivity contribution in [2.24, 2.45) is 0 Å². The Bertz CT molecular complexity index is 564. The Balaban J connectivity index is 1.96. The molecule has 1 unspecified atom stereocenters. The lowest BCUT2D eigenvalue weighted by atomic mass is 10.0. The molecule has 1 aliphatic heterocycles. The van der Waals surface area contributed by atoms with E-state index >= 15 is 0 Å². The van der Waals surface area contributed by atoms with Gasteiger partial charge in [0.15, 0.2) is 0 Å². The van der Waals surface area contributed by atoms with Gasteiger partial charge in [-0.1, -0.05) is 30.3 Å². The molecule has 0 spiro atoms. The van der Waals surface area contributed by atoms with Crippen LogP contribution in [0.25, 0.3) is 0 Å². The number of benzene rings is 1. The molecule has 0 radical (unpaired) electrons. The highest BCUT2D eigenvalue weighted by Crippen LogP contribution is 2.24. The van der Waals surface area contributed by atoms with E-state index in [0.29, 0.717) is 18.8 Å². The summed E-state index contributed by atoms with van der Waals surface area (Å²) in [5.74, 6) is 0.214. The first-order valence-electron chi connectivity index (χ1n) is 7.40. The number of hydrogen-bond donors (Lipinski definition) is 1. The van der Waals surface area contributed by atoms with Gasteiger partial charge in [0, 0.05) is 25.3 Å². The topological polar surface area (TPSA) is 75.7 Å². The van der Waals surface area contributed by atoms with E-state index in [4.69, 9.17) is 0 Å². The molecule has 6 nitrogen and oxygen atoms in total. The molecule has 7 heteroatoms. The quantitative estimate of drug-likeness (QED) is 0.619. The zero-order valence-electron chi connectivity index (χ0n) is 13.0. The van der Waals surface area contributed by atoms with E-state index in [2.05, 4.69) is 10.1 Å². The Morgan fingerprint density at radius 3 is 2.78 bits per heavy atom. The molecule has 1 N–H and O–H groups in total. The SMILES string of the molecule is COC(=O)CSCCC(=O)N1CCNC(=O)C1c1ccccc1. The second kappa shape index (κ2) is 8.57. The number of carbonyl (C=O) groups is 3. The summed E-state index contributed by atoms with van der Waals surface area (Å²) >= 11 is 1.35. The van der Waals surface area contributed by atoms with Crippen molar-refractivity contribution in [1.29, 1.82) is 0 Å². The van der Waals surface area contributed by atoms with Crippen molar-refractivity contribution < 1.29 is 19.1 Å². The summed E-state index contributed by atoms with van der Waals surface area (Å²) in [7, 11) is 1.34. The first kappa shape index (κ1) is 17.3. The van der Waals surface area contributed by atoms with Crippen molar-refractivity contribution in [3.05, 3.63) is 35.9 Å². The van der Waals surface area contributed by atoms with Gasteiger partial charge in [-0.05, 0) is 5.56 Å². The second-order valence-electron chi connectivity index (χ2n) is 5.07.